The number of likely N-dealkylation sites (N-methyl/N-ethyl adjacent to an activating group) is 2. The lowest BCUT2D eigenvalue weighted by molar-refractivity contribution is -0.133. The lowest BCUT2D eigenvalue weighted by Gasteiger charge is -2.26. The first kappa shape index (κ1) is 20.6. The van der Waals surface area contributed by atoms with Crippen LogP contribution in [-0.2, 0) is 14.4 Å². The van der Waals surface area contributed by atoms with Gasteiger partial charge in [0.25, 0.3) is 0 Å². The van der Waals surface area contributed by atoms with Crippen LogP contribution < -0.4 is 10.6 Å². The molecule has 138 valence electrons. The number of hydrogen-bond acceptors (Lipinski definition) is 4. The normalized spacial score (nSPS) is 10.7. The first-order valence-electron chi connectivity index (χ1n) is 8.38. The van der Waals surface area contributed by atoms with E-state index in [9.17, 15) is 14.4 Å². The number of carbonyl (C=O) groups is 3. The zero-order valence-corrected chi connectivity index (χ0v) is 15.6. The predicted molar refractivity (Wildman–Crippen MR) is 99.4 cm³/mol. The summed E-state index contributed by atoms with van der Waals surface area (Å²) >= 11 is 0. The molecule has 0 fully saturated rings. The molecule has 0 saturated heterocycles. The van der Waals surface area contributed by atoms with E-state index in [4.69, 9.17) is 0 Å². The van der Waals surface area contributed by atoms with E-state index in [0.29, 0.717) is 17.9 Å². The molecule has 0 aliphatic heterocycles. The summed E-state index contributed by atoms with van der Waals surface area (Å²) in [6.07, 6.45) is 0. The summed E-state index contributed by atoms with van der Waals surface area (Å²) in [4.78, 5) is 38.8. The standard InChI is InChI=1S/C18H28N4O3/c1-6-22(12-18(25)21(5)13(2)3)11-17(24)20-16-9-7-15(8-10-16)19-14(4)23/h7-10,13H,6,11-12H2,1-5H3,(H,19,23)(H,20,24). The first-order chi connectivity index (χ1) is 11.7. The third-order valence-electron chi connectivity index (χ3n) is 3.83. The van der Waals surface area contributed by atoms with E-state index >= 15 is 0 Å². The predicted octanol–water partition coefficient (Wildman–Crippen LogP) is 1.77. The summed E-state index contributed by atoms with van der Waals surface area (Å²) in [6, 6.07) is 7.00. The monoisotopic (exact) mass is 348 g/mol. The van der Waals surface area contributed by atoms with Crippen molar-refractivity contribution in [2.24, 2.45) is 0 Å². The Morgan fingerprint density at radius 1 is 1.00 bits per heavy atom. The van der Waals surface area contributed by atoms with Crippen molar-refractivity contribution < 1.29 is 14.4 Å². The van der Waals surface area contributed by atoms with Crippen LogP contribution in [-0.4, -0.2) is 60.2 Å². The highest BCUT2D eigenvalue weighted by Gasteiger charge is 2.17. The maximum absolute atomic E-state index is 12.2. The quantitative estimate of drug-likeness (QED) is 0.750. The molecule has 0 radical (unpaired) electrons. The van der Waals surface area contributed by atoms with E-state index < -0.39 is 0 Å². The van der Waals surface area contributed by atoms with E-state index in [2.05, 4.69) is 10.6 Å². The Morgan fingerprint density at radius 2 is 1.52 bits per heavy atom. The largest absolute Gasteiger partial charge is 0.342 e. The molecule has 0 unspecified atom stereocenters. The van der Waals surface area contributed by atoms with E-state index in [1.165, 1.54) is 6.92 Å². The van der Waals surface area contributed by atoms with Crippen LogP contribution in [0.3, 0.4) is 0 Å². The molecule has 0 bridgehead atoms. The van der Waals surface area contributed by atoms with Crippen molar-refractivity contribution in [3.63, 3.8) is 0 Å². The van der Waals surface area contributed by atoms with Crippen LogP contribution in [0, 0.1) is 0 Å². The van der Waals surface area contributed by atoms with Gasteiger partial charge in [0.15, 0.2) is 0 Å². The highest BCUT2D eigenvalue weighted by molar-refractivity contribution is 5.93. The molecular formula is C18H28N4O3. The van der Waals surface area contributed by atoms with Crippen molar-refractivity contribution in [2.45, 2.75) is 33.7 Å². The minimum absolute atomic E-state index is 0.00990. The van der Waals surface area contributed by atoms with Crippen LogP contribution in [0.5, 0.6) is 0 Å². The van der Waals surface area contributed by atoms with Crippen LogP contribution >= 0.6 is 0 Å². The summed E-state index contributed by atoms with van der Waals surface area (Å²) in [7, 11) is 1.76. The maximum atomic E-state index is 12.2. The van der Waals surface area contributed by atoms with E-state index in [-0.39, 0.29) is 36.9 Å². The molecule has 0 spiro atoms. The molecular weight excluding hydrogens is 320 g/mol. The molecule has 1 aromatic rings. The Balaban J connectivity index is 2.56. The first-order valence-corrected chi connectivity index (χ1v) is 8.38. The van der Waals surface area contributed by atoms with Crippen molar-refractivity contribution >= 4 is 29.1 Å². The van der Waals surface area contributed by atoms with Gasteiger partial charge < -0.3 is 15.5 Å². The third-order valence-corrected chi connectivity index (χ3v) is 3.83. The topological polar surface area (TPSA) is 81.8 Å². The van der Waals surface area contributed by atoms with Gasteiger partial charge in [-0.1, -0.05) is 6.92 Å². The summed E-state index contributed by atoms with van der Waals surface area (Å²) in [5.74, 6) is -0.343. The Morgan fingerprint density at radius 3 is 1.96 bits per heavy atom. The van der Waals surface area contributed by atoms with Gasteiger partial charge >= 0.3 is 0 Å². The smallest absolute Gasteiger partial charge is 0.238 e. The molecule has 0 aliphatic carbocycles. The van der Waals surface area contributed by atoms with Gasteiger partial charge in [-0.3, -0.25) is 19.3 Å². The number of hydrogen-bond donors (Lipinski definition) is 2. The molecule has 25 heavy (non-hydrogen) atoms. The van der Waals surface area contributed by atoms with Crippen molar-refractivity contribution in [3.05, 3.63) is 24.3 Å². The number of amides is 3. The molecule has 2 N–H and O–H groups in total. The van der Waals surface area contributed by atoms with E-state index in [1.54, 1.807) is 41.1 Å². The Kier molecular flexibility index (Phi) is 8.07. The number of benzene rings is 1. The van der Waals surface area contributed by atoms with Gasteiger partial charge in [0.2, 0.25) is 17.7 Å². The second-order valence-electron chi connectivity index (χ2n) is 6.21. The molecule has 0 aromatic heterocycles. The van der Waals surface area contributed by atoms with Gasteiger partial charge in [-0.05, 0) is 44.7 Å². The Hall–Kier alpha value is -2.41. The summed E-state index contributed by atoms with van der Waals surface area (Å²) in [5, 5.41) is 5.46. The van der Waals surface area contributed by atoms with Crippen molar-refractivity contribution in [1.82, 2.24) is 9.80 Å². The number of nitrogens with zero attached hydrogens (tertiary/aromatic N) is 2. The van der Waals surface area contributed by atoms with Gasteiger partial charge in [-0.25, -0.2) is 0 Å². The average molecular weight is 348 g/mol. The van der Waals surface area contributed by atoms with E-state index in [0.717, 1.165) is 0 Å². The fourth-order valence-corrected chi connectivity index (χ4v) is 2.11. The van der Waals surface area contributed by atoms with Crippen LogP contribution in [0.25, 0.3) is 0 Å². The van der Waals surface area contributed by atoms with Crippen molar-refractivity contribution in [1.29, 1.82) is 0 Å². The Bertz CT molecular complexity index is 599. The number of nitrogens with one attached hydrogen (secondary N) is 2. The molecule has 0 aliphatic rings. The maximum Gasteiger partial charge on any atom is 0.238 e. The molecule has 7 heteroatoms. The Labute approximate surface area is 149 Å². The highest BCUT2D eigenvalue weighted by Crippen LogP contribution is 2.13. The van der Waals surface area contributed by atoms with Gasteiger partial charge in [0.1, 0.15) is 0 Å². The second-order valence-corrected chi connectivity index (χ2v) is 6.21. The summed E-state index contributed by atoms with van der Waals surface area (Å²) < 4.78 is 0. The van der Waals surface area contributed by atoms with Gasteiger partial charge in [0, 0.05) is 31.4 Å². The molecule has 0 heterocycles. The van der Waals surface area contributed by atoms with Gasteiger partial charge in [-0.2, -0.15) is 0 Å². The summed E-state index contributed by atoms with van der Waals surface area (Å²) in [5.41, 5.74) is 1.31. The molecule has 3 amide bonds. The zero-order chi connectivity index (χ0) is 19.0. The molecule has 1 aromatic carbocycles. The minimum atomic E-state index is -0.186. The molecule has 7 nitrogen and oxygen atoms in total. The van der Waals surface area contributed by atoms with Crippen LogP contribution in [0.1, 0.15) is 27.7 Å². The van der Waals surface area contributed by atoms with Crippen LogP contribution in [0.4, 0.5) is 11.4 Å². The van der Waals surface area contributed by atoms with Crippen LogP contribution in [0.15, 0.2) is 24.3 Å². The molecule has 0 atom stereocenters. The molecule has 1 rings (SSSR count). The minimum Gasteiger partial charge on any atom is -0.342 e. The number of carbonyl (C=O) groups excluding carboxylic acids is 3. The zero-order valence-electron chi connectivity index (χ0n) is 15.6. The van der Waals surface area contributed by atoms with Crippen molar-refractivity contribution in [3.8, 4) is 0 Å². The number of anilines is 2. The molecule has 0 saturated carbocycles. The number of rotatable bonds is 8. The second kappa shape index (κ2) is 9.78. The lowest BCUT2D eigenvalue weighted by atomic mass is 10.2. The lowest BCUT2D eigenvalue weighted by Crippen LogP contribution is -2.43. The SMILES string of the molecule is CCN(CC(=O)Nc1ccc(NC(C)=O)cc1)CC(=O)N(C)C(C)C. The van der Waals surface area contributed by atoms with Gasteiger partial charge in [0.05, 0.1) is 13.1 Å². The fourth-order valence-electron chi connectivity index (χ4n) is 2.11. The summed E-state index contributed by atoms with van der Waals surface area (Å²) in [6.45, 7) is 8.20. The van der Waals surface area contributed by atoms with Crippen LogP contribution in [0.2, 0.25) is 0 Å². The third kappa shape index (κ3) is 7.34. The average Bonchev–Trinajstić information content (AvgIpc) is 2.54. The fraction of sp³-hybridized carbons (Fsp3) is 0.500. The van der Waals surface area contributed by atoms with Crippen molar-refractivity contribution in [2.75, 3.05) is 37.3 Å². The highest BCUT2D eigenvalue weighted by atomic mass is 16.2. The van der Waals surface area contributed by atoms with E-state index in [1.807, 2.05) is 20.8 Å². The van der Waals surface area contributed by atoms with Gasteiger partial charge in [-0.15, -0.1) is 0 Å².